The molecule has 1 atom stereocenters. The lowest BCUT2D eigenvalue weighted by Gasteiger charge is -2.18. The van der Waals surface area contributed by atoms with Crippen LogP contribution in [0.1, 0.15) is 22.8 Å². The minimum absolute atomic E-state index is 0.0421. The summed E-state index contributed by atoms with van der Waals surface area (Å²) >= 11 is 0. The normalized spacial score (nSPS) is 16.4. The Labute approximate surface area is 166 Å². The first kappa shape index (κ1) is 17.4. The van der Waals surface area contributed by atoms with Crippen molar-refractivity contribution >= 4 is 17.1 Å². The molecule has 1 saturated heterocycles. The minimum atomic E-state index is -0.0421. The molecule has 1 fully saturated rings. The number of methoxy groups -OCH3 is 1. The number of ether oxygens (including phenoxy) is 1. The summed E-state index contributed by atoms with van der Waals surface area (Å²) in [5.41, 5.74) is 2.15. The predicted molar refractivity (Wildman–Crippen MR) is 106 cm³/mol. The van der Waals surface area contributed by atoms with Crippen molar-refractivity contribution in [3.05, 3.63) is 60.6 Å². The number of furan rings is 1. The number of likely N-dealkylation sites (tertiary alicyclic amines) is 1. The van der Waals surface area contributed by atoms with Crippen molar-refractivity contribution in [2.45, 2.75) is 12.5 Å². The van der Waals surface area contributed by atoms with Crippen LogP contribution in [0.5, 0.6) is 5.88 Å². The maximum Gasteiger partial charge on any atom is 0.255 e. The highest BCUT2D eigenvalue weighted by Gasteiger charge is 2.31. The van der Waals surface area contributed by atoms with Crippen LogP contribution in [0.25, 0.3) is 22.7 Å². The van der Waals surface area contributed by atoms with E-state index in [2.05, 4.69) is 14.5 Å². The highest BCUT2D eigenvalue weighted by atomic mass is 16.5. The Balaban J connectivity index is 1.46. The second-order valence-corrected chi connectivity index (χ2v) is 6.91. The van der Waals surface area contributed by atoms with Crippen molar-refractivity contribution in [2.24, 2.45) is 0 Å². The van der Waals surface area contributed by atoms with Gasteiger partial charge >= 0.3 is 0 Å². The van der Waals surface area contributed by atoms with Crippen LogP contribution < -0.4 is 4.74 Å². The number of carbonyl (C=O) groups excluding carboxylic acids is 1. The minimum Gasteiger partial charge on any atom is -0.481 e. The summed E-state index contributed by atoms with van der Waals surface area (Å²) in [5.74, 6) is 1.86. The summed E-state index contributed by atoms with van der Waals surface area (Å²) in [6, 6.07) is 11.0. The van der Waals surface area contributed by atoms with Gasteiger partial charge in [-0.05, 0) is 36.8 Å². The molecule has 146 valence electrons. The van der Waals surface area contributed by atoms with E-state index >= 15 is 0 Å². The summed E-state index contributed by atoms with van der Waals surface area (Å²) in [7, 11) is 1.55. The van der Waals surface area contributed by atoms with Crippen LogP contribution in [0.3, 0.4) is 0 Å². The van der Waals surface area contributed by atoms with Gasteiger partial charge in [0.05, 0.1) is 25.0 Å². The van der Waals surface area contributed by atoms with Gasteiger partial charge in [-0.2, -0.15) is 0 Å². The van der Waals surface area contributed by atoms with Crippen molar-refractivity contribution in [1.29, 1.82) is 0 Å². The SMILES string of the molecule is COc1ccc(C(=O)N2CC[C@@H](n3c(-c4ccco4)nc4cccnc43)C2)cn1. The van der Waals surface area contributed by atoms with Crippen molar-refractivity contribution in [1.82, 2.24) is 24.4 Å². The van der Waals surface area contributed by atoms with E-state index < -0.39 is 0 Å². The Kier molecular flexibility index (Phi) is 4.23. The molecule has 0 bridgehead atoms. The average Bonchev–Trinajstić information content (AvgIpc) is 3.52. The molecule has 0 radical (unpaired) electrons. The maximum atomic E-state index is 12.9. The Bertz CT molecular complexity index is 1150. The topological polar surface area (TPSA) is 86.3 Å². The van der Waals surface area contributed by atoms with Gasteiger partial charge in [-0.25, -0.2) is 15.0 Å². The molecule has 0 aromatic carbocycles. The number of hydrogen-bond acceptors (Lipinski definition) is 6. The Hall–Kier alpha value is -3.68. The molecule has 8 nitrogen and oxygen atoms in total. The standard InChI is InChI=1S/C21H19N5O3/c1-28-18-7-6-14(12-23-18)21(27)25-10-8-15(13-25)26-19-16(4-2-9-22-19)24-20(26)17-5-3-11-29-17/h2-7,9,11-12,15H,8,10,13H2,1H3/t15-/m1/s1. The van der Waals surface area contributed by atoms with Crippen LogP contribution in [0.2, 0.25) is 0 Å². The van der Waals surface area contributed by atoms with Crippen molar-refractivity contribution in [2.75, 3.05) is 20.2 Å². The lowest BCUT2D eigenvalue weighted by atomic mass is 10.2. The molecule has 0 saturated carbocycles. The molecule has 0 N–H and O–H groups in total. The second-order valence-electron chi connectivity index (χ2n) is 6.91. The van der Waals surface area contributed by atoms with E-state index in [-0.39, 0.29) is 11.9 Å². The van der Waals surface area contributed by atoms with E-state index in [4.69, 9.17) is 14.1 Å². The highest BCUT2D eigenvalue weighted by Crippen LogP contribution is 2.32. The van der Waals surface area contributed by atoms with Gasteiger partial charge in [0.25, 0.3) is 5.91 Å². The monoisotopic (exact) mass is 389 g/mol. The first-order chi connectivity index (χ1) is 14.2. The maximum absolute atomic E-state index is 12.9. The fraction of sp³-hybridized carbons (Fsp3) is 0.238. The first-order valence-corrected chi connectivity index (χ1v) is 9.41. The summed E-state index contributed by atoms with van der Waals surface area (Å²) in [6.45, 7) is 1.22. The van der Waals surface area contributed by atoms with Gasteiger partial charge in [-0.1, -0.05) is 0 Å². The predicted octanol–water partition coefficient (Wildman–Crippen LogP) is 3.18. The summed E-state index contributed by atoms with van der Waals surface area (Å²) in [6.07, 6.45) is 5.75. The molecular formula is C21H19N5O3. The molecule has 8 heteroatoms. The van der Waals surface area contributed by atoms with Crippen LogP contribution in [0.15, 0.2) is 59.5 Å². The number of carbonyl (C=O) groups is 1. The smallest absolute Gasteiger partial charge is 0.255 e. The Morgan fingerprint density at radius 3 is 2.90 bits per heavy atom. The fourth-order valence-electron chi connectivity index (χ4n) is 3.80. The Morgan fingerprint density at radius 1 is 1.21 bits per heavy atom. The van der Waals surface area contributed by atoms with Crippen molar-refractivity contribution < 1.29 is 13.9 Å². The van der Waals surface area contributed by atoms with E-state index in [1.54, 1.807) is 37.9 Å². The summed E-state index contributed by atoms with van der Waals surface area (Å²) in [4.78, 5) is 28.2. The zero-order valence-electron chi connectivity index (χ0n) is 15.9. The van der Waals surface area contributed by atoms with Gasteiger partial charge < -0.3 is 18.6 Å². The second kappa shape index (κ2) is 7.05. The number of rotatable bonds is 4. The third-order valence-corrected chi connectivity index (χ3v) is 5.20. The molecule has 0 unspecified atom stereocenters. The molecule has 29 heavy (non-hydrogen) atoms. The van der Waals surface area contributed by atoms with Crippen molar-refractivity contribution in [3.8, 4) is 17.5 Å². The summed E-state index contributed by atoms with van der Waals surface area (Å²) in [5, 5.41) is 0. The van der Waals surface area contributed by atoms with Gasteiger partial charge in [0, 0.05) is 31.5 Å². The van der Waals surface area contributed by atoms with Crippen molar-refractivity contribution in [3.63, 3.8) is 0 Å². The molecular weight excluding hydrogens is 370 g/mol. The largest absolute Gasteiger partial charge is 0.481 e. The van der Waals surface area contributed by atoms with Gasteiger partial charge in [-0.3, -0.25) is 4.79 Å². The zero-order chi connectivity index (χ0) is 19.8. The molecule has 1 aliphatic rings. The average molecular weight is 389 g/mol. The third kappa shape index (κ3) is 3.02. The molecule has 5 heterocycles. The third-order valence-electron chi connectivity index (χ3n) is 5.20. The number of fused-ring (bicyclic) bond motifs is 1. The van der Waals surface area contributed by atoms with E-state index in [1.165, 1.54) is 0 Å². The lowest BCUT2D eigenvalue weighted by Crippen LogP contribution is -2.29. The zero-order valence-corrected chi connectivity index (χ0v) is 15.9. The number of aromatic nitrogens is 4. The molecule has 1 aliphatic heterocycles. The molecule has 5 rings (SSSR count). The van der Waals surface area contributed by atoms with E-state index in [0.717, 1.165) is 23.4 Å². The van der Waals surface area contributed by atoms with Gasteiger partial charge in [0.15, 0.2) is 17.2 Å². The van der Waals surface area contributed by atoms with Gasteiger partial charge in [0.1, 0.15) is 5.52 Å². The van der Waals surface area contributed by atoms with E-state index in [9.17, 15) is 4.79 Å². The van der Waals surface area contributed by atoms with Crippen LogP contribution in [-0.2, 0) is 0 Å². The van der Waals surface area contributed by atoms with Gasteiger partial charge in [-0.15, -0.1) is 0 Å². The van der Waals surface area contributed by atoms with Gasteiger partial charge in [0.2, 0.25) is 5.88 Å². The molecule has 1 amide bonds. The first-order valence-electron chi connectivity index (χ1n) is 9.41. The Morgan fingerprint density at radius 2 is 2.14 bits per heavy atom. The van der Waals surface area contributed by atoms with Crippen LogP contribution in [0, 0.1) is 0 Å². The molecule has 4 aromatic heterocycles. The quantitative estimate of drug-likeness (QED) is 0.533. The van der Waals surface area contributed by atoms with Crippen LogP contribution >= 0.6 is 0 Å². The number of hydrogen-bond donors (Lipinski definition) is 0. The number of amides is 1. The summed E-state index contributed by atoms with van der Waals surface area (Å²) < 4.78 is 12.8. The highest BCUT2D eigenvalue weighted by molar-refractivity contribution is 5.94. The van der Waals surface area contributed by atoms with E-state index in [0.29, 0.717) is 30.3 Å². The lowest BCUT2D eigenvalue weighted by molar-refractivity contribution is 0.0787. The molecule has 0 spiro atoms. The van der Waals surface area contributed by atoms with Crippen LogP contribution in [-0.4, -0.2) is 50.5 Å². The fourth-order valence-corrected chi connectivity index (χ4v) is 3.80. The van der Waals surface area contributed by atoms with Crippen LogP contribution in [0.4, 0.5) is 0 Å². The number of imidazole rings is 1. The van der Waals surface area contributed by atoms with E-state index in [1.807, 2.05) is 29.2 Å². The number of pyridine rings is 2. The molecule has 0 aliphatic carbocycles. The number of nitrogens with zero attached hydrogens (tertiary/aromatic N) is 5. The molecule has 4 aromatic rings.